The summed E-state index contributed by atoms with van der Waals surface area (Å²) in [5.41, 5.74) is -0.350. The van der Waals surface area contributed by atoms with Gasteiger partial charge >= 0.3 is 11.6 Å². The van der Waals surface area contributed by atoms with Gasteiger partial charge in [0.15, 0.2) is 17.6 Å². The molecule has 1 aliphatic rings. The van der Waals surface area contributed by atoms with Crippen molar-refractivity contribution in [3.63, 3.8) is 0 Å². The number of carbonyl (C=O) groups excluding carboxylic acids is 1. The molecule has 0 aliphatic carbocycles. The Morgan fingerprint density at radius 1 is 1.18 bits per heavy atom. The topological polar surface area (TPSA) is 145 Å². The number of hydrogen-bond donors (Lipinski definition) is 3. The van der Waals surface area contributed by atoms with Gasteiger partial charge < -0.3 is 38.7 Å². The lowest BCUT2D eigenvalue weighted by atomic mass is 9.99. The van der Waals surface area contributed by atoms with Crippen molar-refractivity contribution in [3.8, 4) is 11.5 Å². The Morgan fingerprint density at radius 2 is 1.93 bits per heavy atom. The molecule has 1 aromatic carbocycles. The maximum Gasteiger partial charge on any atom is 0.336 e. The van der Waals surface area contributed by atoms with Crippen LogP contribution in [0.25, 0.3) is 11.0 Å². The Balaban J connectivity index is 1.98. The largest absolute Gasteiger partial charge is 0.493 e. The van der Waals surface area contributed by atoms with Crippen LogP contribution in [-0.2, 0) is 14.3 Å². The highest BCUT2D eigenvalue weighted by atomic mass is 16.7. The van der Waals surface area contributed by atoms with Gasteiger partial charge in [-0.3, -0.25) is 4.79 Å². The fourth-order valence-electron chi connectivity index (χ4n) is 2.92. The molecule has 0 unspecified atom stereocenters. The van der Waals surface area contributed by atoms with E-state index in [0.717, 1.165) is 6.92 Å². The van der Waals surface area contributed by atoms with Gasteiger partial charge in [0.1, 0.15) is 23.9 Å². The number of aliphatic hydroxyl groups is 3. The summed E-state index contributed by atoms with van der Waals surface area (Å²) < 4.78 is 26.6. The third kappa shape index (κ3) is 3.94. The van der Waals surface area contributed by atoms with Crippen LogP contribution in [0.1, 0.15) is 6.92 Å². The Hall–Kier alpha value is -2.66. The van der Waals surface area contributed by atoms with Crippen molar-refractivity contribution in [2.45, 2.75) is 37.6 Å². The van der Waals surface area contributed by atoms with Crippen molar-refractivity contribution in [2.24, 2.45) is 0 Å². The highest BCUT2D eigenvalue weighted by molar-refractivity contribution is 5.80. The van der Waals surface area contributed by atoms with Crippen molar-refractivity contribution in [1.29, 1.82) is 0 Å². The lowest BCUT2D eigenvalue weighted by molar-refractivity contribution is -0.282. The second-order valence-corrected chi connectivity index (χ2v) is 6.19. The van der Waals surface area contributed by atoms with Gasteiger partial charge in [0.25, 0.3) is 0 Å². The molecule has 28 heavy (non-hydrogen) atoms. The molecule has 1 aliphatic heterocycles. The summed E-state index contributed by atoms with van der Waals surface area (Å²) in [6, 6.07) is 5.75. The number of ether oxygens (including phenoxy) is 4. The molecule has 0 radical (unpaired) electrons. The molecule has 10 heteroatoms. The number of hydrogen-bond acceptors (Lipinski definition) is 10. The zero-order chi connectivity index (χ0) is 20.4. The van der Waals surface area contributed by atoms with E-state index in [1.807, 2.05) is 0 Å². The van der Waals surface area contributed by atoms with Crippen molar-refractivity contribution in [2.75, 3.05) is 13.7 Å². The molecule has 3 N–H and O–H groups in total. The summed E-state index contributed by atoms with van der Waals surface area (Å²) >= 11 is 0. The maximum absolute atomic E-state index is 11.5. The molecule has 0 amide bonds. The molecule has 3 rings (SSSR count). The highest BCUT2D eigenvalue weighted by Gasteiger charge is 2.47. The molecule has 2 aromatic rings. The number of esters is 1. The van der Waals surface area contributed by atoms with E-state index in [1.165, 1.54) is 19.2 Å². The van der Waals surface area contributed by atoms with Crippen molar-refractivity contribution >= 4 is 16.9 Å². The van der Waals surface area contributed by atoms with Crippen molar-refractivity contribution in [1.82, 2.24) is 0 Å². The smallest absolute Gasteiger partial charge is 0.336 e. The van der Waals surface area contributed by atoms with E-state index in [4.69, 9.17) is 23.4 Å². The van der Waals surface area contributed by atoms with Crippen LogP contribution in [0.4, 0.5) is 0 Å². The van der Waals surface area contributed by atoms with Crippen LogP contribution < -0.4 is 15.1 Å². The Kier molecular flexibility index (Phi) is 5.84. The second kappa shape index (κ2) is 8.15. The fourth-order valence-corrected chi connectivity index (χ4v) is 2.92. The molecule has 1 aromatic heterocycles. The second-order valence-electron chi connectivity index (χ2n) is 6.19. The van der Waals surface area contributed by atoms with E-state index in [9.17, 15) is 24.9 Å². The summed E-state index contributed by atoms with van der Waals surface area (Å²) in [7, 11) is 1.40. The summed E-state index contributed by atoms with van der Waals surface area (Å²) in [5.74, 6) is -0.396. The van der Waals surface area contributed by atoms with Gasteiger partial charge in [0.2, 0.25) is 6.29 Å². The van der Waals surface area contributed by atoms with Gasteiger partial charge in [-0.05, 0) is 12.1 Å². The van der Waals surface area contributed by atoms with E-state index < -0.39 is 48.9 Å². The minimum Gasteiger partial charge on any atom is -0.493 e. The Labute approximate surface area is 158 Å². The van der Waals surface area contributed by atoms with Crippen LogP contribution in [-0.4, -0.2) is 65.7 Å². The number of methoxy groups -OCH3 is 1. The van der Waals surface area contributed by atoms with Gasteiger partial charge in [0.05, 0.1) is 13.7 Å². The van der Waals surface area contributed by atoms with E-state index >= 15 is 0 Å². The molecule has 10 nitrogen and oxygen atoms in total. The lowest BCUT2D eigenvalue weighted by Crippen LogP contribution is -2.61. The minimum absolute atomic E-state index is 0.0757. The first-order chi connectivity index (χ1) is 13.3. The van der Waals surface area contributed by atoms with Gasteiger partial charge in [-0.25, -0.2) is 4.79 Å². The van der Waals surface area contributed by atoms with Crippen LogP contribution in [0.15, 0.2) is 33.5 Å². The van der Waals surface area contributed by atoms with Crippen molar-refractivity contribution in [3.05, 3.63) is 34.7 Å². The maximum atomic E-state index is 11.5. The van der Waals surface area contributed by atoms with Crippen LogP contribution in [0.5, 0.6) is 11.5 Å². The number of rotatable bonds is 5. The van der Waals surface area contributed by atoms with E-state index in [0.29, 0.717) is 5.39 Å². The minimum atomic E-state index is -1.57. The molecule has 2 heterocycles. The molecular weight excluding hydrogens is 376 g/mol. The average molecular weight is 396 g/mol. The van der Waals surface area contributed by atoms with Crippen LogP contribution in [0.2, 0.25) is 0 Å². The zero-order valence-electron chi connectivity index (χ0n) is 15.1. The third-order valence-corrected chi connectivity index (χ3v) is 4.28. The van der Waals surface area contributed by atoms with E-state index in [2.05, 4.69) is 0 Å². The molecule has 1 saturated heterocycles. The monoisotopic (exact) mass is 396 g/mol. The fraction of sp³-hybridized carbons (Fsp3) is 0.444. The van der Waals surface area contributed by atoms with Gasteiger partial charge in [0, 0.05) is 24.4 Å². The number of fused-ring (bicyclic) bond motifs is 1. The van der Waals surface area contributed by atoms with Crippen LogP contribution in [0.3, 0.4) is 0 Å². The zero-order valence-corrected chi connectivity index (χ0v) is 15.1. The lowest BCUT2D eigenvalue weighted by Gasteiger charge is -2.41. The molecule has 152 valence electrons. The first kappa shape index (κ1) is 20.1. The quantitative estimate of drug-likeness (QED) is 0.449. The van der Waals surface area contributed by atoms with Gasteiger partial charge in [-0.2, -0.15) is 0 Å². The molecule has 0 bridgehead atoms. The first-order valence-corrected chi connectivity index (χ1v) is 8.42. The normalized spacial score (nSPS) is 27.4. The summed E-state index contributed by atoms with van der Waals surface area (Å²) in [5, 5.41) is 30.2. The number of benzene rings is 1. The molecule has 1 fully saturated rings. The average Bonchev–Trinajstić information content (AvgIpc) is 2.66. The standard InChI is InChI=1S/C18H20O10/c1-8(20)25-17-16(23)15(22)13(7-19)28-18(17)27-12-6-10-9(5-11(12)24-2)3-4-14(21)26-10/h3-6,13,15-19,22-23H,7H2,1-2H3/t13-,15-,16+,17-,18-/m1/s1. The molecular formula is C18H20O10. The third-order valence-electron chi connectivity index (χ3n) is 4.28. The molecule has 0 saturated carbocycles. The van der Waals surface area contributed by atoms with Crippen LogP contribution in [0, 0.1) is 0 Å². The SMILES string of the molecule is COc1cc2ccc(=O)oc2cc1O[C@@H]1O[C@H](CO)[C@@H](O)[C@H](O)[C@H]1OC(C)=O. The van der Waals surface area contributed by atoms with E-state index in [-0.39, 0.29) is 17.1 Å². The molecule has 0 spiro atoms. The van der Waals surface area contributed by atoms with Gasteiger partial charge in [-0.15, -0.1) is 0 Å². The number of carbonyl (C=O) groups is 1. The van der Waals surface area contributed by atoms with Gasteiger partial charge in [-0.1, -0.05) is 0 Å². The predicted molar refractivity (Wildman–Crippen MR) is 93.0 cm³/mol. The Morgan fingerprint density at radius 3 is 2.57 bits per heavy atom. The predicted octanol–water partition coefficient (Wildman–Crippen LogP) is -0.449. The number of aliphatic hydroxyl groups excluding tert-OH is 3. The summed E-state index contributed by atoms with van der Waals surface area (Å²) in [6.07, 6.45) is -6.98. The Bertz CT molecular complexity index is 907. The molecule has 5 atom stereocenters. The summed E-state index contributed by atoms with van der Waals surface area (Å²) in [4.78, 5) is 22.9. The highest BCUT2D eigenvalue weighted by Crippen LogP contribution is 2.35. The van der Waals surface area contributed by atoms with Crippen molar-refractivity contribution < 1.29 is 43.5 Å². The first-order valence-electron chi connectivity index (χ1n) is 8.42. The van der Waals surface area contributed by atoms with E-state index in [1.54, 1.807) is 12.1 Å². The summed E-state index contributed by atoms with van der Waals surface area (Å²) in [6.45, 7) is 0.522. The van der Waals surface area contributed by atoms with Crippen LogP contribution >= 0.6 is 0 Å².